The molecule has 9 heteroatoms. The molecule has 4 N–H and O–H groups in total. The van der Waals surface area contributed by atoms with Crippen LogP contribution in [0.5, 0.6) is 0 Å². The number of amides is 1. The molecule has 0 bridgehead atoms. The van der Waals surface area contributed by atoms with Crippen molar-refractivity contribution in [1.82, 2.24) is 5.32 Å². The highest BCUT2D eigenvalue weighted by Crippen LogP contribution is 2.46. The van der Waals surface area contributed by atoms with Crippen molar-refractivity contribution in [3.05, 3.63) is 47.0 Å². The number of halogens is 3. The van der Waals surface area contributed by atoms with E-state index in [0.717, 1.165) is 66.8 Å². The van der Waals surface area contributed by atoms with Gasteiger partial charge in [0.2, 0.25) is 5.91 Å². The molecule has 182 valence electrons. The third kappa shape index (κ3) is 4.92. The Labute approximate surface area is 201 Å². The predicted octanol–water partition coefficient (Wildman–Crippen LogP) is 4.63. The zero-order chi connectivity index (χ0) is 23.9. The Morgan fingerprint density at radius 3 is 2.65 bits per heavy atom. The van der Waals surface area contributed by atoms with E-state index < -0.39 is 11.7 Å². The predicted molar refractivity (Wildman–Crippen MR) is 128 cm³/mol. The van der Waals surface area contributed by atoms with E-state index in [9.17, 15) is 18.0 Å². The molecule has 3 aliphatic rings. The molecule has 34 heavy (non-hydrogen) atoms. The fourth-order valence-corrected chi connectivity index (χ4v) is 6.29. The summed E-state index contributed by atoms with van der Waals surface area (Å²) in [6.07, 6.45) is -0.986. The number of anilines is 2. The van der Waals surface area contributed by atoms with Gasteiger partial charge in [0.05, 0.1) is 5.56 Å². The first-order chi connectivity index (χ1) is 16.3. The summed E-state index contributed by atoms with van der Waals surface area (Å²) in [5.41, 5.74) is 8.45. The zero-order valence-electron chi connectivity index (χ0n) is 18.9. The molecule has 5 nitrogen and oxygen atoms in total. The van der Waals surface area contributed by atoms with Crippen molar-refractivity contribution >= 4 is 29.0 Å². The number of hydrogen-bond acceptors (Lipinski definition) is 5. The van der Waals surface area contributed by atoms with Gasteiger partial charge in [0.25, 0.3) is 0 Å². The van der Waals surface area contributed by atoms with Crippen LogP contribution in [0.4, 0.5) is 24.5 Å². The van der Waals surface area contributed by atoms with Gasteiger partial charge in [-0.25, -0.2) is 0 Å². The fourth-order valence-electron chi connectivity index (χ4n) is 5.11. The Morgan fingerprint density at radius 1 is 1.12 bits per heavy atom. The van der Waals surface area contributed by atoms with E-state index in [4.69, 9.17) is 5.73 Å². The lowest BCUT2D eigenvalue weighted by molar-refractivity contribution is -0.137. The van der Waals surface area contributed by atoms with E-state index >= 15 is 0 Å². The Bertz CT molecular complexity index is 1080. The number of piperazine rings is 1. The van der Waals surface area contributed by atoms with E-state index in [0.29, 0.717) is 24.2 Å². The summed E-state index contributed by atoms with van der Waals surface area (Å²) in [5.74, 6) is -0.499. The van der Waals surface area contributed by atoms with Crippen LogP contribution in [0.1, 0.15) is 42.4 Å². The van der Waals surface area contributed by atoms with E-state index in [1.54, 1.807) is 0 Å². The number of rotatable bonds is 3. The van der Waals surface area contributed by atoms with E-state index in [1.165, 1.54) is 17.8 Å². The standard InChI is InChI=1S/C25H29F3N4OS/c26-25(27,28)17-12-21(31-24(33)16-2-1-3-18(29)10-16)20-11-15-4-5-19(32-8-6-30-7-9-32)14-22(15)34-23(20)13-17/h4-5,12-14,16,18,30H,1-3,6-11,29H2,(H,31,33). The largest absolute Gasteiger partial charge is 0.416 e. The SMILES string of the molecule is NC1CCCC(C(=O)Nc2cc(C(F)(F)F)cc3c2Cc2ccc(N4CCNCC4)cc2S3)C1. The average Bonchev–Trinajstić information content (AvgIpc) is 2.82. The molecule has 2 atom stereocenters. The van der Waals surface area contributed by atoms with Crippen LogP contribution in [0.25, 0.3) is 0 Å². The molecular weight excluding hydrogens is 461 g/mol. The minimum atomic E-state index is -4.49. The number of nitrogens with one attached hydrogen (secondary N) is 2. The molecule has 2 aromatic carbocycles. The molecular formula is C25H29F3N4OS. The number of fused-ring (bicyclic) bond motifs is 2. The molecule has 0 radical (unpaired) electrons. The summed E-state index contributed by atoms with van der Waals surface area (Å²) in [4.78, 5) is 16.8. The number of carbonyl (C=O) groups is 1. The second-order valence-corrected chi connectivity index (χ2v) is 10.5. The molecule has 2 aromatic rings. The molecule has 1 saturated heterocycles. The molecule has 0 aromatic heterocycles. The van der Waals surface area contributed by atoms with Gasteiger partial charge in [-0.05, 0) is 54.7 Å². The van der Waals surface area contributed by atoms with Crippen LogP contribution in [-0.4, -0.2) is 38.1 Å². The van der Waals surface area contributed by atoms with Gasteiger partial charge in [-0.1, -0.05) is 24.2 Å². The summed E-state index contributed by atoms with van der Waals surface area (Å²) < 4.78 is 41.2. The van der Waals surface area contributed by atoms with Crippen molar-refractivity contribution in [2.24, 2.45) is 11.7 Å². The number of alkyl halides is 3. The third-order valence-electron chi connectivity index (χ3n) is 7.00. The van der Waals surface area contributed by atoms with E-state index in [-0.39, 0.29) is 23.6 Å². The van der Waals surface area contributed by atoms with Gasteiger partial charge >= 0.3 is 6.18 Å². The maximum Gasteiger partial charge on any atom is 0.416 e. The van der Waals surface area contributed by atoms with Gasteiger partial charge < -0.3 is 21.3 Å². The van der Waals surface area contributed by atoms with Crippen LogP contribution >= 0.6 is 11.8 Å². The molecule has 5 rings (SSSR count). The summed E-state index contributed by atoms with van der Waals surface area (Å²) in [7, 11) is 0. The van der Waals surface area contributed by atoms with Crippen molar-refractivity contribution in [2.75, 3.05) is 36.4 Å². The van der Waals surface area contributed by atoms with Gasteiger partial charge in [-0.15, -0.1) is 0 Å². The van der Waals surface area contributed by atoms with Gasteiger partial charge in [0.15, 0.2) is 0 Å². The topological polar surface area (TPSA) is 70.4 Å². The average molecular weight is 491 g/mol. The zero-order valence-corrected chi connectivity index (χ0v) is 19.7. The quantitative estimate of drug-likeness (QED) is 0.500. The second-order valence-electron chi connectivity index (χ2n) is 9.42. The number of nitrogens with two attached hydrogens (primary N) is 1. The molecule has 2 unspecified atom stereocenters. The third-order valence-corrected chi connectivity index (χ3v) is 8.18. The van der Waals surface area contributed by atoms with Gasteiger partial charge in [-0.3, -0.25) is 4.79 Å². The monoisotopic (exact) mass is 490 g/mol. The lowest BCUT2D eigenvalue weighted by Crippen LogP contribution is -2.43. The smallest absolute Gasteiger partial charge is 0.369 e. The first-order valence-corrected chi connectivity index (χ1v) is 12.7. The molecule has 0 spiro atoms. The minimum Gasteiger partial charge on any atom is -0.369 e. The van der Waals surface area contributed by atoms with Crippen LogP contribution in [0, 0.1) is 5.92 Å². The molecule has 1 aliphatic carbocycles. The normalized spacial score (nSPS) is 22.6. The van der Waals surface area contributed by atoms with Crippen LogP contribution < -0.4 is 21.3 Å². The van der Waals surface area contributed by atoms with Crippen molar-refractivity contribution < 1.29 is 18.0 Å². The van der Waals surface area contributed by atoms with Crippen LogP contribution in [0.3, 0.4) is 0 Å². The maximum absolute atomic E-state index is 13.7. The number of nitrogens with zero attached hydrogens (tertiary/aromatic N) is 1. The maximum atomic E-state index is 13.7. The molecule has 1 saturated carbocycles. The van der Waals surface area contributed by atoms with Crippen molar-refractivity contribution in [3.8, 4) is 0 Å². The van der Waals surface area contributed by atoms with Crippen molar-refractivity contribution in [2.45, 2.75) is 54.1 Å². The Kier molecular flexibility index (Phi) is 6.52. The lowest BCUT2D eigenvalue weighted by atomic mass is 9.85. The highest BCUT2D eigenvalue weighted by atomic mass is 32.2. The van der Waals surface area contributed by atoms with Gasteiger partial charge in [0, 0.05) is 65.7 Å². The van der Waals surface area contributed by atoms with Crippen LogP contribution in [0.2, 0.25) is 0 Å². The number of carbonyl (C=O) groups excluding carboxylic acids is 1. The van der Waals surface area contributed by atoms with Gasteiger partial charge in [0.1, 0.15) is 0 Å². The summed E-state index contributed by atoms with van der Waals surface area (Å²) in [6, 6.07) is 8.49. The van der Waals surface area contributed by atoms with E-state index in [1.807, 2.05) is 0 Å². The second kappa shape index (κ2) is 9.43. The Balaban J connectivity index is 1.45. The number of hydrogen-bond donors (Lipinski definition) is 3. The summed E-state index contributed by atoms with van der Waals surface area (Å²) in [6.45, 7) is 3.63. The molecule has 2 heterocycles. The lowest BCUT2D eigenvalue weighted by Gasteiger charge is -2.31. The highest BCUT2D eigenvalue weighted by Gasteiger charge is 2.34. The van der Waals surface area contributed by atoms with Crippen LogP contribution in [0.15, 0.2) is 40.1 Å². The first-order valence-electron chi connectivity index (χ1n) is 11.8. The molecule has 2 aliphatic heterocycles. The Hall–Kier alpha value is -2.23. The summed E-state index contributed by atoms with van der Waals surface area (Å²) in [5, 5.41) is 6.18. The molecule has 1 amide bonds. The Morgan fingerprint density at radius 2 is 1.91 bits per heavy atom. The first kappa shape index (κ1) is 23.5. The number of benzene rings is 2. The molecule has 2 fully saturated rings. The fraction of sp³-hybridized carbons (Fsp3) is 0.480. The van der Waals surface area contributed by atoms with Crippen LogP contribution in [-0.2, 0) is 17.4 Å². The van der Waals surface area contributed by atoms with Crippen molar-refractivity contribution in [1.29, 1.82) is 0 Å². The van der Waals surface area contributed by atoms with Gasteiger partial charge in [-0.2, -0.15) is 13.2 Å². The minimum absolute atomic E-state index is 0.0350. The highest BCUT2D eigenvalue weighted by molar-refractivity contribution is 7.99. The van der Waals surface area contributed by atoms with E-state index in [2.05, 4.69) is 33.7 Å². The summed E-state index contributed by atoms with van der Waals surface area (Å²) >= 11 is 1.35. The van der Waals surface area contributed by atoms with Crippen molar-refractivity contribution in [3.63, 3.8) is 0 Å².